The molecule has 1 heterocycles. The molecule has 0 unspecified atom stereocenters. The standard InChI is InChI=1S/C10H11BrClNO/c11-6-3-4-7(12)9(10(6)14)8-2-1-5-13-8/h3-4,8,13-14H,1-2,5H2/t8-/m0/s1. The molecular formula is C10H11BrClNO. The minimum atomic E-state index is 0.194. The second kappa shape index (κ2) is 4.09. The molecule has 2 nitrogen and oxygen atoms in total. The van der Waals surface area contributed by atoms with E-state index in [2.05, 4.69) is 21.2 Å². The first-order chi connectivity index (χ1) is 6.70. The van der Waals surface area contributed by atoms with Crippen LogP contribution < -0.4 is 5.32 Å². The summed E-state index contributed by atoms with van der Waals surface area (Å²) < 4.78 is 0.700. The minimum absolute atomic E-state index is 0.194. The molecular weight excluding hydrogens is 265 g/mol. The molecule has 1 aromatic carbocycles. The molecule has 1 fully saturated rings. The largest absolute Gasteiger partial charge is 0.506 e. The second-order valence-electron chi connectivity index (χ2n) is 3.44. The van der Waals surface area contributed by atoms with Crippen LogP contribution in [0.3, 0.4) is 0 Å². The van der Waals surface area contributed by atoms with Crippen LogP contribution in [0.4, 0.5) is 0 Å². The molecule has 76 valence electrons. The Morgan fingerprint density at radius 1 is 1.50 bits per heavy atom. The van der Waals surface area contributed by atoms with Crippen molar-refractivity contribution in [3.63, 3.8) is 0 Å². The van der Waals surface area contributed by atoms with Crippen LogP contribution in [0.1, 0.15) is 24.4 Å². The Balaban J connectivity index is 2.44. The van der Waals surface area contributed by atoms with Crippen LogP contribution in [0, 0.1) is 0 Å². The SMILES string of the molecule is Oc1c(Br)ccc(Cl)c1[C@@H]1CCCN1. The summed E-state index contributed by atoms with van der Waals surface area (Å²) in [6.45, 7) is 0.993. The molecule has 0 aliphatic carbocycles. The summed E-state index contributed by atoms with van der Waals surface area (Å²) in [5.41, 5.74) is 0.818. The number of hydrogen-bond donors (Lipinski definition) is 2. The van der Waals surface area contributed by atoms with Crippen molar-refractivity contribution in [2.75, 3.05) is 6.54 Å². The fourth-order valence-corrected chi connectivity index (χ4v) is 2.45. The van der Waals surface area contributed by atoms with Gasteiger partial charge in [-0.1, -0.05) is 11.6 Å². The van der Waals surface area contributed by atoms with Crippen LogP contribution in [0.15, 0.2) is 16.6 Å². The Morgan fingerprint density at radius 3 is 2.93 bits per heavy atom. The van der Waals surface area contributed by atoms with Gasteiger partial charge >= 0.3 is 0 Å². The fraction of sp³-hybridized carbons (Fsp3) is 0.400. The first kappa shape index (κ1) is 10.3. The first-order valence-electron chi connectivity index (χ1n) is 4.60. The first-order valence-corrected chi connectivity index (χ1v) is 5.77. The molecule has 14 heavy (non-hydrogen) atoms. The third-order valence-electron chi connectivity index (χ3n) is 2.52. The van der Waals surface area contributed by atoms with Gasteiger partial charge in [-0.2, -0.15) is 0 Å². The van der Waals surface area contributed by atoms with Gasteiger partial charge in [-0.25, -0.2) is 0 Å². The van der Waals surface area contributed by atoms with Gasteiger partial charge in [-0.05, 0) is 47.4 Å². The molecule has 1 atom stereocenters. The zero-order chi connectivity index (χ0) is 10.1. The van der Waals surface area contributed by atoms with Crippen molar-refractivity contribution in [2.24, 2.45) is 0 Å². The fourth-order valence-electron chi connectivity index (χ4n) is 1.82. The smallest absolute Gasteiger partial charge is 0.136 e. The number of aromatic hydroxyl groups is 1. The van der Waals surface area contributed by atoms with Crippen LogP contribution in [-0.4, -0.2) is 11.7 Å². The molecule has 2 N–H and O–H groups in total. The quantitative estimate of drug-likeness (QED) is 0.825. The number of hydrogen-bond acceptors (Lipinski definition) is 2. The van der Waals surface area contributed by atoms with Gasteiger partial charge < -0.3 is 10.4 Å². The lowest BCUT2D eigenvalue weighted by molar-refractivity contribution is 0.454. The number of rotatable bonds is 1. The summed E-state index contributed by atoms with van der Waals surface area (Å²) in [4.78, 5) is 0. The van der Waals surface area contributed by atoms with E-state index in [-0.39, 0.29) is 11.8 Å². The topological polar surface area (TPSA) is 32.3 Å². The third-order valence-corrected chi connectivity index (χ3v) is 3.49. The highest BCUT2D eigenvalue weighted by Gasteiger charge is 2.23. The van der Waals surface area contributed by atoms with Crippen LogP contribution in [0.5, 0.6) is 5.75 Å². The van der Waals surface area contributed by atoms with E-state index < -0.39 is 0 Å². The number of benzene rings is 1. The van der Waals surface area contributed by atoms with E-state index in [1.54, 1.807) is 12.1 Å². The molecule has 0 aromatic heterocycles. The maximum Gasteiger partial charge on any atom is 0.136 e. The predicted molar refractivity (Wildman–Crippen MR) is 60.8 cm³/mol. The van der Waals surface area contributed by atoms with Crippen LogP contribution >= 0.6 is 27.5 Å². The van der Waals surface area contributed by atoms with Gasteiger partial charge in [0.25, 0.3) is 0 Å². The monoisotopic (exact) mass is 275 g/mol. The van der Waals surface area contributed by atoms with Crippen LogP contribution in [0.25, 0.3) is 0 Å². The molecule has 1 saturated heterocycles. The van der Waals surface area contributed by atoms with E-state index in [0.717, 1.165) is 24.9 Å². The van der Waals surface area contributed by atoms with Crippen molar-refractivity contribution in [1.29, 1.82) is 0 Å². The van der Waals surface area contributed by atoms with Crippen molar-refractivity contribution in [2.45, 2.75) is 18.9 Å². The van der Waals surface area contributed by atoms with Crippen molar-refractivity contribution < 1.29 is 5.11 Å². The number of nitrogens with one attached hydrogen (secondary N) is 1. The molecule has 4 heteroatoms. The highest BCUT2D eigenvalue weighted by atomic mass is 79.9. The van der Waals surface area contributed by atoms with E-state index in [1.165, 1.54) is 0 Å². The number of phenolic OH excluding ortho intramolecular Hbond substituents is 1. The van der Waals surface area contributed by atoms with E-state index in [1.807, 2.05) is 0 Å². The van der Waals surface area contributed by atoms with Crippen molar-refractivity contribution >= 4 is 27.5 Å². The minimum Gasteiger partial charge on any atom is -0.506 e. The molecule has 2 rings (SSSR count). The Morgan fingerprint density at radius 2 is 2.29 bits per heavy atom. The summed E-state index contributed by atoms with van der Waals surface area (Å²) in [7, 11) is 0. The Kier molecular flexibility index (Phi) is 3.00. The van der Waals surface area contributed by atoms with Crippen LogP contribution in [-0.2, 0) is 0 Å². The molecule has 1 aromatic rings. The van der Waals surface area contributed by atoms with Crippen molar-refractivity contribution in [3.8, 4) is 5.75 Å². The van der Waals surface area contributed by atoms with Gasteiger partial charge in [0.15, 0.2) is 0 Å². The Labute approximate surface area is 96.4 Å². The van der Waals surface area contributed by atoms with Crippen molar-refractivity contribution in [1.82, 2.24) is 5.32 Å². The van der Waals surface area contributed by atoms with E-state index in [0.29, 0.717) is 9.50 Å². The normalized spacial score (nSPS) is 21.4. The van der Waals surface area contributed by atoms with E-state index in [4.69, 9.17) is 11.6 Å². The van der Waals surface area contributed by atoms with E-state index >= 15 is 0 Å². The average Bonchev–Trinajstić information content (AvgIpc) is 2.65. The lowest BCUT2D eigenvalue weighted by atomic mass is 10.0. The molecule has 0 saturated carbocycles. The van der Waals surface area contributed by atoms with Gasteiger partial charge in [0.1, 0.15) is 5.75 Å². The summed E-state index contributed by atoms with van der Waals surface area (Å²) >= 11 is 9.35. The summed E-state index contributed by atoms with van der Waals surface area (Å²) in [5.74, 6) is 0.261. The molecule has 0 bridgehead atoms. The second-order valence-corrected chi connectivity index (χ2v) is 4.70. The number of phenols is 1. The zero-order valence-corrected chi connectivity index (χ0v) is 9.90. The van der Waals surface area contributed by atoms with Gasteiger partial charge in [-0.3, -0.25) is 0 Å². The zero-order valence-electron chi connectivity index (χ0n) is 7.56. The maximum atomic E-state index is 9.87. The summed E-state index contributed by atoms with van der Waals surface area (Å²) in [5, 5.41) is 13.8. The van der Waals surface area contributed by atoms with Gasteiger partial charge in [0, 0.05) is 16.6 Å². The van der Waals surface area contributed by atoms with Gasteiger partial charge in [0.2, 0.25) is 0 Å². The summed E-state index contributed by atoms with van der Waals surface area (Å²) in [6, 6.07) is 3.76. The van der Waals surface area contributed by atoms with Gasteiger partial charge in [-0.15, -0.1) is 0 Å². The third kappa shape index (κ3) is 1.76. The molecule has 0 amide bonds. The van der Waals surface area contributed by atoms with Gasteiger partial charge in [0.05, 0.1) is 4.47 Å². The molecule has 0 spiro atoms. The number of halogens is 2. The van der Waals surface area contributed by atoms with Crippen LogP contribution in [0.2, 0.25) is 5.02 Å². The summed E-state index contributed by atoms with van der Waals surface area (Å²) in [6.07, 6.45) is 2.16. The predicted octanol–water partition coefficient (Wildman–Crippen LogP) is 3.23. The van der Waals surface area contributed by atoms with Crippen molar-refractivity contribution in [3.05, 3.63) is 27.2 Å². The average molecular weight is 277 g/mol. The molecule has 1 aliphatic heterocycles. The molecule has 0 radical (unpaired) electrons. The Hall–Kier alpha value is -0.250. The molecule has 1 aliphatic rings. The lowest BCUT2D eigenvalue weighted by Crippen LogP contribution is -2.13. The lowest BCUT2D eigenvalue weighted by Gasteiger charge is -2.15. The highest BCUT2D eigenvalue weighted by molar-refractivity contribution is 9.10. The highest BCUT2D eigenvalue weighted by Crippen LogP contribution is 2.39. The van der Waals surface area contributed by atoms with E-state index in [9.17, 15) is 5.11 Å². The maximum absolute atomic E-state index is 9.87. The Bertz CT molecular complexity index is 350.